The van der Waals surface area contributed by atoms with Gasteiger partial charge in [0.2, 0.25) is 0 Å². The van der Waals surface area contributed by atoms with Crippen LogP contribution in [0.15, 0.2) is 54.6 Å². The van der Waals surface area contributed by atoms with Gasteiger partial charge >= 0.3 is 0 Å². The maximum Gasteiger partial charge on any atom is 0.124 e. The number of aliphatic hydroxyl groups excluding tert-OH is 2. The Morgan fingerprint density at radius 1 is 1.04 bits per heavy atom. The van der Waals surface area contributed by atoms with Crippen LogP contribution in [0, 0.1) is 0 Å². The number of para-hydroxylation sites is 1. The van der Waals surface area contributed by atoms with Gasteiger partial charge in [-0.25, -0.2) is 0 Å². The summed E-state index contributed by atoms with van der Waals surface area (Å²) in [4.78, 5) is 2.02. The first kappa shape index (κ1) is 19.4. The molecule has 0 aliphatic heterocycles. The van der Waals surface area contributed by atoms with Crippen molar-refractivity contribution in [2.75, 3.05) is 33.4 Å². The molecule has 2 aromatic rings. The van der Waals surface area contributed by atoms with Crippen LogP contribution in [-0.4, -0.2) is 54.6 Å². The second-order valence-electron chi connectivity index (χ2n) is 5.93. The predicted octanol–water partition coefficient (Wildman–Crippen LogP) is 2.07. The normalized spacial score (nSPS) is 12.3. The van der Waals surface area contributed by atoms with Gasteiger partial charge in [0.1, 0.15) is 5.75 Å². The smallest absolute Gasteiger partial charge is 0.124 e. The van der Waals surface area contributed by atoms with Crippen LogP contribution in [0.1, 0.15) is 11.1 Å². The fourth-order valence-corrected chi connectivity index (χ4v) is 2.70. The Kier molecular flexibility index (Phi) is 8.42. The number of aliphatic hydroxyl groups is 2. The quantitative estimate of drug-likeness (QED) is 0.653. The van der Waals surface area contributed by atoms with Crippen molar-refractivity contribution >= 4 is 0 Å². The van der Waals surface area contributed by atoms with Crippen LogP contribution in [0.5, 0.6) is 5.75 Å². The lowest BCUT2D eigenvalue weighted by molar-refractivity contribution is 0.00573. The molecule has 0 aliphatic carbocycles. The van der Waals surface area contributed by atoms with Crippen LogP contribution in [0.25, 0.3) is 0 Å². The average Bonchev–Trinajstić information content (AvgIpc) is 2.63. The molecule has 0 unspecified atom stereocenters. The van der Waals surface area contributed by atoms with E-state index in [-0.39, 0.29) is 13.2 Å². The van der Waals surface area contributed by atoms with Gasteiger partial charge in [-0.1, -0.05) is 48.5 Å². The maximum atomic E-state index is 10.2. The minimum absolute atomic E-state index is 0.0572. The number of nitrogens with zero attached hydrogens (tertiary/aromatic N) is 1. The van der Waals surface area contributed by atoms with Crippen molar-refractivity contribution in [1.29, 1.82) is 0 Å². The van der Waals surface area contributed by atoms with E-state index in [1.165, 1.54) is 0 Å². The molecule has 25 heavy (non-hydrogen) atoms. The molecule has 0 bridgehead atoms. The summed E-state index contributed by atoms with van der Waals surface area (Å²) in [5, 5.41) is 19.5. The zero-order valence-electron chi connectivity index (χ0n) is 14.7. The molecule has 0 heterocycles. The van der Waals surface area contributed by atoms with Crippen molar-refractivity contribution in [3.63, 3.8) is 0 Å². The summed E-state index contributed by atoms with van der Waals surface area (Å²) < 4.78 is 10.9. The molecular formula is C20H27NO4. The second kappa shape index (κ2) is 10.8. The van der Waals surface area contributed by atoms with E-state index in [0.29, 0.717) is 26.2 Å². The molecule has 0 aliphatic rings. The van der Waals surface area contributed by atoms with E-state index in [9.17, 15) is 10.2 Å². The van der Waals surface area contributed by atoms with Gasteiger partial charge in [0.25, 0.3) is 0 Å². The molecule has 2 N–H and O–H groups in total. The van der Waals surface area contributed by atoms with Crippen LogP contribution in [-0.2, 0) is 17.9 Å². The average molecular weight is 345 g/mol. The molecule has 0 saturated carbocycles. The minimum Gasteiger partial charge on any atom is -0.496 e. The van der Waals surface area contributed by atoms with Gasteiger partial charge in [-0.15, -0.1) is 0 Å². The molecule has 5 heteroatoms. The van der Waals surface area contributed by atoms with Crippen LogP contribution in [0.2, 0.25) is 0 Å². The predicted molar refractivity (Wildman–Crippen MR) is 97.5 cm³/mol. The molecule has 5 nitrogen and oxygen atoms in total. The van der Waals surface area contributed by atoms with Crippen molar-refractivity contribution < 1.29 is 19.7 Å². The van der Waals surface area contributed by atoms with Crippen LogP contribution >= 0.6 is 0 Å². The fourth-order valence-electron chi connectivity index (χ4n) is 2.70. The Hall–Kier alpha value is -1.92. The Bertz CT molecular complexity index is 606. The highest BCUT2D eigenvalue weighted by molar-refractivity contribution is 5.32. The highest BCUT2D eigenvalue weighted by Gasteiger charge is 2.13. The first-order valence-electron chi connectivity index (χ1n) is 8.47. The Morgan fingerprint density at radius 2 is 1.76 bits per heavy atom. The number of methoxy groups -OCH3 is 1. The molecule has 0 aromatic heterocycles. The van der Waals surface area contributed by atoms with Gasteiger partial charge in [-0.2, -0.15) is 0 Å². The molecule has 0 radical (unpaired) electrons. The summed E-state index contributed by atoms with van der Waals surface area (Å²) in [6, 6.07) is 17.7. The first-order chi connectivity index (χ1) is 12.2. The summed E-state index contributed by atoms with van der Waals surface area (Å²) in [5.74, 6) is 0.781. The van der Waals surface area contributed by atoms with E-state index in [4.69, 9.17) is 9.47 Å². The molecule has 0 saturated heterocycles. The van der Waals surface area contributed by atoms with Crippen molar-refractivity contribution in [3.8, 4) is 5.75 Å². The zero-order valence-corrected chi connectivity index (χ0v) is 14.7. The first-order valence-corrected chi connectivity index (χ1v) is 8.47. The number of rotatable bonds is 11. The lowest BCUT2D eigenvalue weighted by Gasteiger charge is -2.24. The molecule has 2 rings (SSSR count). The molecule has 0 fully saturated rings. The molecule has 2 aromatic carbocycles. The third-order valence-corrected chi connectivity index (χ3v) is 3.89. The Balaban J connectivity index is 1.79. The number of hydrogen-bond acceptors (Lipinski definition) is 5. The van der Waals surface area contributed by atoms with Gasteiger partial charge in [-0.05, 0) is 11.6 Å². The van der Waals surface area contributed by atoms with Gasteiger partial charge in [0.15, 0.2) is 0 Å². The van der Waals surface area contributed by atoms with Crippen molar-refractivity contribution in [2.45, 2.75) is 19.3 Å². The van der Waals surface area contributed by atoms with Gasteiger partial charge in [0, 0.05) is 25.2 Å². The van der Waals surface area contributed by atoms with Crippen molar-refractivity contribution in [1.82, 2.24) is 4.90 Å². The van der Waals surface area contributed by atoms with Crippen molar-refractivity contribution in [3.05, 3.63) is 65.7 Å². The largest absolute Gasteiger partial charge is 0.496 e. The molecule has 0 spiro atoms. The number of hydrogen-bond donors (Lipinski definition) is 2. The summed E-state index contributed by atoms with van der Waals surface area (Å²) in [6.07, 6.45) is -0.620. The zero-order chi connectivity index (χ0) is 17.9. The minimum atomic E-state index is -0.620. The highest BCUT2D eigenvalue weighted by Crippen LogP contribution is 2.18. The second-order valence-corrected chi connectivity index (χ2v) is 5.93. The number of ether oxygens (including phenoxy) is 2. The molecule has 1 atom stereocenters. The lowest BCUT2D eigenvalue weighted by atomic mass is 10.2. The van der Waals surface area contributed by atoms with Gasteiger partial charge in [-0.3, -0.25) is 4.90 Å². The monoisotopic (exact) mass is 345 g/mol. The summed E-state index contributed by atoms with van der Waals surface area (Å²) in [6.45, 7) is 2.32. The lowest BCUT2D eigenvalue weighted by Crippen LogP contribution is -2.36. The highest BCUT2D eigenvalue weighted by atomic mass is 16.5. The van der Waals surface area contributed by atoms with Gasteiger partial charge < -0.3 is 19.7 Å². The molecule has 136 valence electrons. The molecular weight excluding hydrogens is 318 g/mol. The van der Waals surface area contributed by atoms with E-state index in [1.54, 1.807) is 7.11 Å². The summed E-state index contributed by atoms with van der Waals surface area (Å²) in [7, 11) is 1.63. The Labute approximate surface area is 149 Å². The van der Waals surface area contributed by atoms with E-state index < -0.39 is 6.10 Å². The number of benzene rings is 2. The summed E-state index contributed by atoms with van der Waals surface area (Å²) in [5.41, 5.74) is 2.10. The SMILES string of the molecule is COc1ccccc1COC[C@@H](O)CN(CCO)Cc1ccccc1. The van der Waals surface area contributed by atoms with Crippen LogP contribution in [0.4, 0.5) is 0 Å². The third-order valence-electron chi connectivity index (χ3n) is 3.89. The summed E-state index contributed by atoms with van der Waals surface area (Å²) >= 11 is 0. The maximum absolute atomic E-state index is 10.2. The van der Waals surface area contributed by atoms with E-state index in [0.717, 1.165) is 16.9 Å². The van der Waals surface area contributed by atoms with Crippen LogP contribution < -0.4 is 4.74 Å². The van der Waals surface area contributed by atoms with Crippen LogP contribution in [0.3, 0.4) is 0 Å². The molecule has 0 amide bonds. The Morgan fingerprint density at radius 3 is 2.48 bits per heavy atom. The van der Waals surface area contributed by atoms with Crippen molar-refractivity contribution in [2.24, 2.45) is 0 Å². The van der Waals surface area contributed by atoms with E-state index in [1.807, 2.05) is 59.5 Å². The van der Waals surface area contributed by atoms with E-state index >= 15 is 0 Å². The van der Waals surface area contributed by atoms with E-state index in [2.05, 4.69) is 0 Å². The topological polar surface area (TPSA) is 62.2 Å². The van der Waals surface area contributed by atoms with Gasteiger partial charge in [0.05, 0.1) is 33.0 Å². The third kappa shape index (κ3) is 6.84. The fraction of sp³-hybridized carbons (Fsp3) is 0.400. The standard InChI is InChI=1S/C20H27NO4/c1-24-20-10-6-5-9-18(20)15-25-16-19(23)14-21(11-12-22)13-17-7-3-2-4-8-17/h2-10,19,22-23H,11-16H2,1H3/t19-/m0/s1.